The molecule has 0 heterocycles. The second-order valence-corrected chi connectivity index (χ2v) is 7.41. The molecule has 0 aliphatic carbocycles. The van der Waals surface area contributed by atoms with Gasteiger partial charge in [0.25, 0.3) is 0 Å². The molecule has 0 radical (unpaired) electrons. The lowest BCUT2D eigenvalue weighted by molar-refractivity contribution is -0.152. The van der Waals surface area contributed by atoms with Crippen molar-refractivity contribution >= 4 is 11.9 Å². The van der Waals surface area contributed by atoms with E-state index in [2.05, 4.69) is 33.0 Å². The zero-order valence-corrected chi connectivity index (χ0v) is 17.4. The van der Waals surface area contributed by atoms with E-state index < -0.39 is 17.9 Å². The number of carboxylic acids is 1. The Morgan fingerprint density at radius 1 is 0.923 bits per heavy atom. The maximum atomic E-state index is 12.0. The summed E-state index contributed by atoms with van der Waals surface area (Å²) < 4.78 is 5.34. The van der Waals surface area contributed by atoms with Crippen molar-refractivity contribution in [2.75, 3.05) is 19.7 Å². The molecule has 3 unspecified atom stereocenters. The molecule has 0 bridgehead atoms. The first-order valence-corrected chi connectivity index (χ1v) is 10.6. The van der Waals surface area contributed by atoms with Crippen molar-refractivity contribution in [3.8, 4) is 0 Å². The topological polar surface area (TPSA) is 75.6 Å². The lowest BCUT2D eigenvalue weighted by Gasteiger charge is -2.19. The van der Waals surface area contributed by atoms with Crippen LogP contribution in [0.25, 0.3) is 0 Å². The quantitative estimate of drug-likeness (QED) is 0.364. The van der Waals surface area contributed by atoms with E-state index in [0.29, 0.717) is 25.0 Å². The second kappa shape index (κ2) is 16.1. The Balaban J connectivity index is 4.24. The van der Waals surface area contributed by atoms with Gasteiger partial charge in [0.15, 0.2) is 0 Å². The van der Waals surface area contributed by atoms with Crippen molar-refractivity contribution in [3.63, 3.8) is 0 Å². The number of hydrogen-bond acceptors (Lipinski definition) is 4. The van der Waals surface area contributed by atoms with Gasteiger partial charge in [0.2, 0.25) is 0 Å². The predicted octanol–water partition coefficient (Wildman–Crippen LogP) is 4.64. The Morgan fingerprint density at radius 3 is 2.00 bits per heavy atom. The van der Waals surface area contributed by atoms with E-state index in [0.717, 1.165) is 45.1 Å². The normalized spacial score (nSPS) is 14.6. The Kier molecular flexibility index (Phi) is 15.4. The molecule has 0 saturated carbocycles. The molecule has 2 N–H and O–H groups in total. The number of rotatable bonds is 17. The minimum Gasteiger partial charge on any atom is -0.481 e. The van der Waals surface area contributed by atoms with Gasteiger partial charge >= 0.3 is 11.9 Å². The van der Waals surface area contributed by atoms with Crippen LogP contribution in [0.15, 0.2) is 0 Å². The Labute approximate surface area is 160 Å². The van der Waals surface area contributed by atoms with Crippen LogP contribution >= 0.6 is 0 Å². The van der Waals surface area contributed by atoms with E-state index in [1.165, 1.54) is 12.8 Å². The highest BCUT2D eigenvalue weighted by atomic mass is 16.5. The molecule has 5 nitrogen and oxygen atoms in total. The SMILES string of the molecule is CCCCC(CC)CNCC(CC(=O)OCC(CC)CCCC)C(=O)O. The van der Waals surface area contributed by atoms with Crippen LogP contribution in [-0.2, 0) is 14.3 Å². The van der Waals surface area contributed by atoms with E-state index in [1.807, 2.05) is 0 Å². The lowest BCUT2D eigenvalue weighted by Crippen LogP contribution is -2.33. The Hall–Kier alpha value is -1.10. The molecular weight excluding hydrogens is 330 g/mol. The maximum Gasteiger partial charge on any atom is 0.308 e. The molecule has 0 aromatic rings. The molecule has 0 rings (SSSR count). The summed E-state index contributed by atoms with van der Waals surface area (Å²) in [7, 11) is 0. The number of carbonyl (C=O) groups excluding carboxylic acids is 1. The monoisotopic (exact) mass is 371 g/mol. The van der Waals surface area contributed by atoms with E-state index in [-0.39, 0.29) is 6.42 Å². The van der Waals surface area contributed by atoms with Crippen LogP contribution in [0.1, 0.15) is 85.5 Å². The van der Waals surface area contributed by atoms with Crippen LogP contribution in [0.3, 0.4) is 0 Å². The summed E-state index contributed by atoms with van der Waals surface area (Å²) in [6.45, 7) is 10.1. The molecule has 0 aliphatic rings. The highest BCUT2D eigenvalue weighted by Gasteiger charge is 2.23. The summed E-state index contributed by atoms with van der Waals surface area (Å²) in [4.78, 5) is 23.5. The lowest BCUT2D eigenvalue weighted by atomic mass is 9.98. The van der Waals surface area contributed by atoms with Gasteiger partial charge in [-0.25, -0.2) is 0 Å². The molecule has 0 spiro atoms. The Bertz CT molecular complexity index is 373. The van der Waals surface area contributed by atoms with Crippen molar-refractivity contribution in [1.82, 2.24) is 5.32 Å². The van der Waals surface area contributed by atoms with Crippen LogP contribution in [0.4, 0.5) is 0 Å². The van der Waals surface area contributed by atoms with E-state index in [9.17, 15) is 14.7 Å². The summed E-state index contributed by atoms with van der Waals surface area (Å²) in [5.74, 6) is -1.10. The first-order valence-electron chi connectivity index (χ1n) is 10.6. The van der Waals surface area contributed by atoms with Crippen molar-refractivity contribution < 1.29 is 19.4 Å². The molecule has 3 atom stereocenters. The molecule has 5 heteroatoms. The van der Waals surface area contributed by atoms with Gasteiger partial charge in [0.05, 0.1) is 18.9 Å². The average molecular weight is 372 g/mol. The summed E-state index contributed by atoms with van der Waals surface area (Å²) in [5.41, 5.74) is 0. The number of nitrogens with one attached hydrogen (secondary N) is 1. The van der Waals surface area contributed by atoms with Gasteiger partial charge < -0.3 is 15.2 Å². The fraction of sp³-hybridized carbons (Fsp3) is 0.905. The smallest absolute Gasteiger partial charge is 0.308 e. The zero-order valence-electron chi connectivity index (χ0n) is 17.4. The number of hydrogen-bond donors (Lipinski definition) is 2. The third-order valence-electron chi connectivity index (χ3n) is 5.15. The highest BCUT2D eigenvalue weighted by molar-refractivity contribution is 5.78. The maximum absolute atomic E-state index is 12.0. The standard InChI is InChI=1S/C21H41NO4/c1-5-9-11-17(7-3)14-22-15-19(21(24)25)13-20(23)26-16-18(8-4)12-10-6-2/h17-19,22H,5-16H2,1-4H3,(H,24,25). The molecule has 26 heavy (non-hydrogen) atoms. The van der Waals surface area contributed by atoms with Gasteiger partial charge in [-0.15, -0.1) is 0 Å². The fourth-order valence-corrected chi connectivity index (χ4v) is 3.02. The number of aliphatic carboxylic acids is 1. The number of ether oxygens (including phenoxy) is 1. The minimum atomic E-state index is -0.936. The van der Waals surface area contributed by atoms with Crippen LogP contribution in [0.2, 0.25) is 0 Å². The largest absolute Gasteiger partial charge is 0.481 e. The highest BCUT2D eigenvalue weighted by Crippen LogP contribution is 2.15. The van der Waals surface area contributed by atoms with Crippen molar-refractivity contribution in [2.24, 2.45) is 17.8 Å². The summed E-state index contributed by atoms with van der Waals surface area (Å²) in [5, 5.41) is 12.6. The van der Waals surface area contributed by atoms with E-state index >= 15 is 0 Å². The third-order valence-corrected chi connectivity index (χ3v) is 5.15. The summed E-state index contributed by atoms with van der Waals surface area (Å²) in [6.07, 6.45) is 8.87. The van der Waals surface area contributed by atoms with Crippen LogP contribution in [0.5, 0.6) is 0 Å². The predicted molar refractivity (Wildman–Crippen MR) is 106 cm³/mol. The van der Waals surface area contributed by atoms with E-state index in [1.54, 1.807) is 0 Å². The molecule has 0 fully saturated rings. The number of carbonyl (C=O) groups is 2. The molecule has 0 aromatic carbocycles. The molecular formula is C21H41NO4. The molecule has 0 aromatic heterocycles. The van der Waals surface area contributed by atoms with Crippen LogP contribution in [0, 0.1) is 17.8 Å². The zero-order chi connectivity index (χ0) is 19.8. The first kappa shape index (κ1) is 24.9. The van der Waals surface area contributed by atoms with Gasteiger partial charge in [0, 0.05) is 6.54 Å². The second-order valence-electron chi connectivity index (χ2n) is 7.41. The van der Waals surface area contributed by atoms with Crippen molar-refractivity contribution in [2.45, 2.75) is 85.5 Å². The van der Waals surface area contributed by atoms with Crippen LogP contribution < -0.4 is 5.32 Å². The van der Waals surface area contributed by atoms with Gasteiger partial charge in [-0.2, -0.15) is 0 Å². The van der Waals surface area contributed by atoms with Crippen LogP contribution in [-0.4, -0.2) is 36.7 Å². The summed E-state index contributed by atoms with van der Waals surface area (Å²) in [6, 6.07) is 0. The number of carboxylic acid groups (broad SMARTS) is 1. The molecule has 0 amide bonds. The third kappa shape index (κ3) is 12.3. The number of unbranched alkanes of at least 4 members (excludes halogenated alkanes) is 2. The van der Waals surface area contributed by atoms with Gasteiger partial charge in [0.1, 0.15) is 0 Å². The fourth-order valence-electron chi connectivity index (χ4n) is 3.02. The summed E-state index contributed by atoms with van der Waals surface area (Å²) >= 11 is 0. The first-order chi connectivity index (χ1) is 12.5. The molecule has 0 saturated heterocycles. The minimum absolute atomic E-state index is 0.0572. The van der Waals surface area contributed by atoms with Gasteiger partial charge in [-0.1, -0.05) is 66.2 Å². The van der Waals surface area contributed by atoms with Crippen molar-refractivity contribution in [3.05, 3.63) is 0 Å². The molecule has 0 aliphatic heterocycles. The molecule has 154 valence electrons. The van der Waals surface area contributed by atoms with E-state index in [4.69, 9.17) is 4.74 Å². The average Bonchev–Trinajstić information content (AvgIpc) is 2.63. The van der Waals surface area contributed by atoms with Crippen molar-refractivity contribution in [1.29, 1.82) is 0 Å². The Morgan fingerprint density at radius 2 is 1.50 bits per heavy atom. The number of esters is 1. The van der Waals surface area contributed by atoms with Gasteiger partial charge in [-0.05, 0) is 31.2 Å². The van der Waals surface area contributed by atoms with Gasteiger partial charge in [-0.3, -0.25) is 9.59 Å².